The molecule has 0 radical (unpaired) electrons. The summed E-state index contributed by atoms with van der Waals surface area (Å²) >= 11 is 6.58. The highest BCUT2D eigenvalue weighted by Crippen LogP contribution is 2.48. The van der Waals surface area contributed by atoms with Crippen LogP contribution in [0.5, 0.6) is 23.5 Å². The zero-order valence-electron chi connectivity index (χ0n) is 43.2. The highest BCUT2D eigenvalue weighted by atomic mass is 79.9. The molecule has 80 heavy (non-hydrogen) atoms. The van der Waals surface area contributed by atoms with Crippen molar-refractivity contribution in [1.29, 1.82) is 0 Å². The number of likely N-dealkylation sites (tertiary alicyclic amines) is 1. The maximum absolute atomic E-state index is 13.6. The highest BCUT2D eigenvalue weighted by Gasteiger charge is 2.56. The second kappa shape index (κ2) is 24.1. The lowest BCUT2D eigenvalue weighted by Gasteiger charge is -2.26. The van der Waals surface area contributed by atoms with Gasteiger partial charge in [0.2, 0.25) is 17.7 Å². The predicted molar refractivity (Wildman–Crippen MR) is 300 cm³/mol. The fourth-order valence-electron chi connectivity index (χ4n) is 9.57. The van der Waals surface area contributed by atoms with Crippen molar-refractivity contribution in [3.63, 3.8) is 0 Å². The second-order valence-electron chi connectivity index (χ2n) is 19.5. The molecule has 6 aromatic heterocycles. The van der Waals surface area contributed by atoms with Gasteiger partial charge in [-0.05, 0) is 155 Å². The van der Waals surface area contributed by atoms with Gasteiger partial charge in [0, 0.05) is 61.5 Å². The van der Waals surface area contributed by atoms with Crippen molar-refractivity contribution in [2.24, 2.45) is 11.8 Å². The van der Waals surface area contributed by atoms with Crippen LogP contribution < -0.4 is 25.4 Å². The Morgan fingerprint density at radius 1 is 0.650 bits per heavy atom. The van der Waals surface area contributed by atoms with E-state index in [1.807, 2.05) is 26.0 Å². The van der Waals surface area contributed by atoms with E-state index < -0.39 is 12.0 Å². The minimum absolute atomic E-state index is 0. The average molecular weight is 1240 g/mol. The molecule has 412 valence electrons. The van der Waals surface area contributed by atoms with Gasteiger partial charge < -0.3 is 35.4 Å². The molecule has 23 nitrogen and oxygen atoms in total. The first kappa shape index (κ1) is 56.6. The lowest BCUT2D eigenvalue weighted by atomic mass is 10.1. The van der Waals surface area contributed by atoms with E-state index >= 15 is 0 Å². The van der Waals surface area contributed by atoms with Crippen LogP contribution in [-0.2, 0) is 32.3 Å². The van der Waals surface area contributed by atoms with Crippen molar-refractivity contribution in [1.82, 2.24) is 59.7 Å². The van der Waals surface area contributed by atoms with Crippen molar-refractivity contribution in [3.8, 4) is 23.5 Å². The Kier molecular flexibility index (Phi) is 17.0. The van der Waals surface area contributed by atoms with E-state index in [4.69, 9.17) is 14.6 Å². The van der Waals surface area contributed by atoms with E-state index in [2.05, 4.69) is 87.9 Å². The van der Waals surface area contributed by atoms with Gasteiger partial charge in [-0.3, -0.25) is 38.1 Å². The van der Waals surface area contributed by atoms with Crippen molar-refractivity contribution < 1.29 is 43.3 Å². The molecule has 4 N–H and O–H groups in total. The number of aliphatic carboxylic acids is 1. The SMILES string of the molecule is CC(=O)c1nn(CC(=O)N2[C@@H]3C[C@@H]3C[C@H]2C(=O)Nc2cccc(Br)n2)c2ccc(Oc3ncc(C)cn3)cc12.CC(=O)c1nn(CC(=O)O)c2ccc(Oc3ncc(C)cn3)cc12.Cl.O=C(Nc1cccc(Br)n1)[C@@H]1C[C@H]2C[C@H]2N1. The summed E-state index contributed by atoms with van der Waals surface area (Å²) in [6.07, 6.45) is 10.2. The average Bonchev–Trinajstić information content (AvgIpc) is 4.27. The van der Waals surface area contributed by atoms with Crippen LogP contribution in [0.15, 0.2) is 107 Å². The Balaban J connectivity index is 0.000000160. The van der Waals surface area contributed by atoms with E-state index in [9.17, 15) is 28.8 Å². The summed E-state index contributed by atoms with van der Waals surface area (Å²) in [7, 11) is 0. The minimum Gasteiger partial charge on any atom is -0.480 e. The number of aromatic nitrogens is 10. The standard InChI is InChI=1S/C27H24BrN7O4.C16H14N4O4.C11H12BrN3O.ClH/c1-14-11-29-27(30-12-14)39-17-6-7-19-18(10-17)25(15(2)36)33-34(19)13-24(37)35-20-8-16(20)9-21(35)26(38)32-23-5-3-4-22(28)31-23;1-9-6-17-16(18-7-9)24-11-3-4-13-12(5-11)15(10(2)21)19-20(13)8-14(22)23;12-9-2-1-3-10(14-9)15-11(16)8-5-6-4-7(6)13-8;/h3-7,10-12,16,20-21H,8-9,13H2,1-2H3,(H,31,32,38);3-7H,8H2,1-2H3,(H,22,23);1-3,6-8,13H,4-5H2,(H,14,15,16);1H/t16-,20-,21+;;6-,7-,8+;/m1.1./s1. The molecule has 2 aromatic carbocycles. The monoisotopic (exact) mass is 1230 g/mol. The Bertz CT molecular complexity index is 3690. The molecule has 26 heteroatoms. The molecule has 0 unspecified atom stereocenters. The van der Waals surface area contributed by atoms with E-state index in [1.54, 1.807) is 90.4 Å². The Morgan fingerprint density at radius 3 is 1.61 bits per heavy atom. The number of piperidine rings is 2. The van der Waals surface area contributed by atoms with Crippen LogP contribution in [0.1, 0.15) is 71.6 Å². The number of anilines is 2. The molecule has 8 heterocycles. The molecule has 8 aromatic rings. The number of halogens is 3. The Hall–Kier alpha value is -8.13. The number of pyridine rings is 2. The van der Waals surface area contributed by atoms with Crippen LogP contribution in [0.3, 0.4) is 0 Å². The molecule has 12 rings (SSSR count). The van der Waals surface area contributed by atoms with E-state index in [-0.39, 0.29) is 90.3 Å². The van der Waals surface area contributed by atoms with Gasteiger partial charge >= 0.3 is 18.0 Å². The van der Waals surface area contributed by atoms with Crippen LogP contribution in [-0.4, -0.2) is 119 Å². The van der Waals surface area contributed by atoms with Gasteiger partial charge in [0.05, 0.1) is 17.1 Å². The summed E-state index contributed by atoms with van der Waals surface area (Å²) in [5.74, 6) is 0.929. The molecule has 0 bridgehead atoms. The number of ketones is 2. The quantitative estimate of drug-likeness (QED) is 0.0591. The number of amides is 3. The summed E-state index contributed by atoms with van der Waals surface area (Å²) in [5, 5.41) is 27.5. The maximum Gasteiger partial charge on any atom is 0.325 e. The fraction of sp³-hybridized carbons (Fsp3) is 0.296. The molecule has 6 atom stereocenters. The van der Waals surface area contributed by atoms with Gasteiger partial charge in [0.25, 0.3) is 0 Å². The number of aryl methyl sites for hydroxylation is 2. The van der Waals surface area contributed by atoms with Crippen molar-refractivity contribution in [2.45, 2.75) is 90.6 Å². The lowest BCUT2D eigenvalue weighted by Crippen LogP contribution is -2.46. The number of carbonyl (C=O) groups excluding carboxylic acids is 5. The van der Waals surface area contributed by atoms with Gasteiger partial charge in [0.15, 0.2) is 11.6 Å². The molecule has 2 saturated carbocycles. The van der Waals surface area contributed by atoms with E-state index in [1.165, 1.54) is 29.6 Å². The summed E-state index contributed by atoms with van der Waals surface area (Å²) in [4.78, 5) is 100. The third-order valence-corrected chi connectivity index (χ3v) is 14.3. The number of nitrogens with zero attached hydrogens (tertiary/aromatic N) is 11. The number of carboxylic acids is 1. The third kappa shape index (κ3) is 13.3. The first-order chi connectivity index (χ1) is 37.9. The highest BCUT2D eigenvalue weighted by molar-refractivity contribution is 9.10. The number of Topliss-reactive ketones (excluding diaryl/α,β-unsaturated/α-hetero) is 2. The third-order valence-electron chi connectivity index (χ3n) is 13.4. The second-order valence-corrected chi connectivity index (χ2v) is 21.1. The van der Waals surface area contributed by atoms with Crippen LogP contribution >= 0.6 is 44.3 Å². The van der Waals surface area contributed by atoms with Crippen LogP contribution in [0, 0.1) is 25.7 Å². The topological polar surface area (TPSA) is 293 Å². The molecule has 2 aliphatic heterocycles. The lowest BCUT2D eigenvalue weighted by molar-refractivity contribution is -0.138. The molecule has 0 spiro atoms. The largest absolute Gasteiger partial charge is 0.480 e. The number of carboxylic acid groups (broad SMARTS) is 1. The summed E-state index contributed by atoms with van der Waals surface area (Å²) in [5.41, 5.74) is 3.39. The normalized spacial score (nSPS) is 18.9. The molecular formula is C54H51Br2ClN14O9. The molecule has 3 amide bonds. The van der Waals surface area contributed by atoms with Gasteiger partial charge in [-0.1, -0.05) is 12.1 Å². The van der Waals surface area contributed by atoms with Gasteiger partial charge in [-0.25, -0.2) is 29.9 Å². The van der Waals surface area contributed by atoms with Crippen molar-refractivity contribution in [3.05, 3.63) is 129 Å². The van der Waals surface area contributed by atoms with Crippen molar-refractivity contribution in [2.75, 3.05) is 10.6 Å². The fourth-order valence-corrected chi connectivity index (χ4v) is 10.3. The van der Waals surface area contributed by atoms with Crippen LogP contribution in [0.4, 0.5) is 11.6 Å². The van der Waals surface area contributed by atoms with Crippen molar-refractivity contribution >= 4 is 113 Å². The zero-order valence-corrected chi connectivity index (χ0v) is 47.2. The number of nitrogens with one attached hydrogen (secondary N) is 3. The summed E-state index contributed by atoms with van der Waals surface area (Å²) in [6, 6.07) is 21.2. The van der Waals surface area contributed by atoms with Crippen LogP contribution in [0.25, 0.3) is 21.8 Å². The smallest absolute Gasteiger partial charge is 0.325 e. The van der Waals surface area contributed by atoms with Gasteiger partial charge in [-0.2, -0.15) is 10.2 Å². The van der Waals surface area contributed by atoms with Crippen LogP contribution in [0.2, 0.25) is 0 Å². The predicted octanol–water partition coefficient (Wildman–Crippen LogP) is 8.08. The first-order valence-electron chi connectivity index (χ1n) is 25.0. The first-order valence-corrected chi connectivity index (χ1v) is 26.6. The number of fused-ring (bicyclic) bond motifs is 4. The molecule has 4 aliphatic rings. The Labute approximate surface area is 479 Å². The molecular weight excluding hydrogens is 1180 g/mol. The van der Waals surface area contributed by atoms with Gasteiger partial charge in [-0.15, -0.1) is 12.4 Å². The summed E-state index contributed by atoms with van der Waals surface area (Å²) in [6.45, 7) is 6.12. The number of rotatable bonds is 14. The molecule has 2 aliphatic carbocycles. The number of hydrogen-bond acceptors (Lipinski definition) is 17. The van der Waals surface area contributed by atoms with Gasteiger partial charge in [0.1, 0.15) is 62.9 Å². The molecule has 4 fully saturated rings. The zero-order chi connectivity index (χ0) is 55.6. The minimum atomic E-state index is -1.04. The number of ether oxygens (including phenoxy) is 2. The number of benzene rings is 2. The number of hydrogen-bond donors (Lipinski definition) is 4. The maximum atomic E-state index is 13.6. The summed E-state index contributed by atoms with van der Waals surface area (Å²) < 4.78 is 15.5. The molecule has 2 saturated heterocycles. The van der Waals surface area contributed by atoms with E-state index in [0.29, 0.717) is 67.9 Å². The number of carbonyl (C=O) groups is 6. The van der Waals surface area contributed by atoms with E-state index in [0.717, 1.165) is 34.5 Å². The Morgan fingerprint density at radius 2 is 1.15 bits per heavy atom.